The third-order valence-corrected chi connectivity index (χ3v) is 3.43. The quantitative estimate of drug-likeness (QED) is 0.703. The molecular weight excluding hydrogens is 196 g/mol. The Kier molecular flexibility index (Phi) is 4.07. The molecule has 0 aromatic carbocycles. The number of rotatable bonds is 5. The SMILES string of the molecule is CCC(CC)N(C)c1ncc(C=O)s1. The van der Waals surface area contributed by atoms with Crippen LogP contribution >= 0.6 is 11.3 Å². The Balaban J connectivity index is 2.76. The summed E-state index contributed by atoms with van der Waals surface area (Å²) >= 11 is 1.45. The van der Waals surface area contributed by atoms with Crippen LogP contribution in [0.1, 0.15) is 36.4 Å². The van der Waals surface area contributed by atoms with Gasteiger partial charge in [0.2, 0.25) is 0 Å². The van der Waals surface area contributed by atoms with Crippen LogP contribution in [-0.4, -0.2) is 24.4 Å². The molecule has 0 radical (unpaired) electrons. The fourth-order valence-corrected chi connectivity index (χ4v) is 2.25. The average Bonchev–Trinajstić information content (AvgIpc) is 2.67. The first-order valence-electron chi connectivity index (χ1n) is 4.86. The van der Waals surface area contributed by atoms with Gasteiger partial charge in [-0.25, -0.2) is 4.98 Å². The summed E-state index contributed by atoms with van der Waals surface area (Å²) in [5, 5.41) is 0.931. The van der Waals surface area contributed by atoms with E-state index in [9.17, 15) is 4.79 Å². The van der Waals surface area contributed by atoms with E-state index < -0.39 is 0 Å². The molecule has 78 valence electrons. The van der Waals surface area contributed by atoms with Crippen molar-refractivity contribution >= 4 is 22.8 Å². The summed E-state index contributed by atoms with van der Waals surface area (Å²) < 4.78 is 0. The Labute approximate surface area is 88.8 Å². The van der Waals surface area contributed by atoms with E-state index in [0.717, 1.165) is 24.3 Å². The first kappa shape index (κ1) is 11.2. The topological polar surface area (TPSA) is 33.2 Å². The Hall–Kier alpha value is -0.900. The van der Waals surface area contributed by atoms with Gasteiger partial charge in [-0.05, 0) is 12.8 Å². The minimum atomic E-state index is 0.514. The molecule has 0 aliphatic heterocycles. The van der Waals surface area contributed by atoms with Gasteiger partial charge in [0.1, 0.15) is 0 Å². The molecule has 1 aromatic rings. The molecule has 0 atom stereocenters. The molecular formula is C10H16N2OS. The molecule has 14 heavy (non-hydrogen) atoms. The predicted molar refractivity (Wildman–Crippen MR) is 60.3 cm³/mol. The zero-order valence-electron chi connectivity index (χ0n) is 8.86. The second-order valence-corrected chi connectivity index (χ2v) is 4.28. The number of thiazole rings is 1. The van der Waals surface area contributed by atoms with Gasteiger partial charge in [0.15, 0.2) is 11.4 Å². The maximum atomic E-state index is 10.5. The fourth-order valence-electron chi connectivity index (χ4n) is 1.49. The van der Waals surface area contributed by atoms with Gasteiger partial charge in [0.25, 0.3) is 0 Å². The van der Waals surface area contributed by atoms with Crippen molar-refractivity contribution in [3.8, 4) is 0 Å². The van der Waals surface area contributed by atoms with E-state index in [4.69, 9.17) is 0 Å². The highest BCUT2D eigenvalue weighted by atomic mass is 32.1. The van der Waals surface area contributed by atoms with Gasteiger partial charge in [0.05, 0.1) is 11.1 Å². The zero-order chi connectivity index (χ0) is 10.6. The number of aldehydes is 1. The number of nitrogens with zero attached hydrogens (tertiary/aromatic N) is 2. The van der Waals surface area contributed by atoms with Gasteiger partial charge in [0, 0.05) is 13.1 Å². The van der Waals surface area contributed by atoms with Gasteiger partial charge in [-0.3, -0.25) is 4.79 Å². The third-order valence-electron chi connectivity index (χ3n) is 2.42. The van der Waals surface area contributed by atoms with E-state index in [0.29, 0.717) is 10.9 Å². The first-order chi connectivity index (χ1) is 6.72. The van der Waals surface area contributed by atoms with Crippen molar-refractivity contribution in [2.45, 2.75) is 32.7 Å². The molecule has 0 N–H and O–H groups in total. The van der Waals surface area contributed by atoms with E-state index >= 15 is 0 Å². The molecule has 0 saturated heterocycles. The summed E-state index contributed by atoms with van der Waals surface area (Å²) in [6, 6.07) is 0.514. The minimum Gasteiger partial charge on any atom is -0.348 e. The lowest BCUT2D eigenvalue weighted by Crippen LogP contribution is -2.30. The Morgan fingerprint density at radius 2 is 2.21 bits per heavy atom. The van der Waals surface area contributed by atoms with Crippen LogP contribution in [0.3, 0.4) is 0 Å². The van der Waals surface area contributed by atoms with Crippen molar-refractivity contribution in [1.29, 1.82) is 0 Å². The van der Waals surface area contributed by atoms with Crippen molar-refractivity contribution in [2.75, 3.05) is 11.9 Å². The zero-order valence-corrected chi connectivity index (χ0v) is 9.67. The van der Waals surface area contributed by atoms with Crippen LogP contribution in [0.25, 0.3) is 0 Å². The second kappa shape index (κ2) is 5.10. The van der Waals surface area contributed by atoms with Gasteiger partial charge in [-0.1, -0.05) is 25.2 Å². The largest absolute Gasteiger partial charge is 0.348 e. The van der Waals surface area contributed by atoms with Crippen molar-refractivity contribution < 1.29 is 4.79 Å². The summed E-state index contributed by atoms with van der Waals surface area (Å²) in [5.41, 5.74) is 0. The van der Waals surface area contributed by atoms with E-state index in [1.54, 1.807) is 6.20 Å². The van der Waals surface area contributed by atoms with Gasteiger partial charge < -0.3 is 4.90 Å². The van der Waals surface area contributed by atoms with Crippen LogP contribution in [0.15, 0.2) is 6.20 Å². The number of hydrogen-bond donors (Lipinski definition) is 0. The lowest BCUT2D eigenvalue weighted by Gasteiger charge is -2.25. The van der Waals surface area contributed by atoms with E-state index in [2.05, 4.69) is 23.7 Å². The van der Waals surface area contributed by atoms with Gasteiger partial charge >= 0.3 is 0 Å². The van der Waals surface area contributed by atoms with Crippen LogP contribution in [0.4, 0.5) is 5.13 Å². The van der Waals surface area contributed by atoms with Crippen molar-refractivity contribution in [3.05, 3.63) is 11.1 Å². The summed E-state index contributed by atoms with van der Waals surface area (Å²) in [4.78, 5) is 17.6. The van der Waals surface area contributed by atoms with Crippen molar-refractivity contribution in [1.82, 2.24) is 4.98 Å². The number of carbonyl (C=O) groups excluding carboxylic acids is 1. The molecule has 0 aliphatic carbocycles. The standard InChI is InChI=1S/C10H16N2OS/c1-4-8(5-2)12(3)10-11-6-9(7-13)14-10/h6-8H,4-5H2,1-3H3. The summed E-state index contributed by atoms with van der Waals surface area (Å²) in [6.45, 7) is 4.33. The Bertz CT molecular complexity index is 294. The monoisotopic (exact) mass is 212 g/mol. The maximum Gasteiger partial charge on any atom is 0.185 e. The van der Waals surface area contributed by atoms with Crippen LogP contribution < -0.4 is 4.90 Å². The van der Waals surface area contributed by atoms with Crippen LogP contribution in [0.2, 0.25) is 0 Å². The second-order valence-electron chi connectivity index (χ2n) is 3.24. The molecule has 1 rings (SSSR count). The number of hydrogen-bond acceptors (Lipinski definition) is 4. The molecule has 0 fully saturated rings. The summed E-state index contributed by atoms with van der Waals surface area (Å²) in [6.07, 6.45) is 4.68. The third kappa shape index (κ3) is 2.32. The Morgan fingerprint density at radius 1 is 1.57 bits per heavy atom. The molecule has 0 bridgehead atoms. The van der Waals surface area contributed by atoms with Crippen molar-refractivity contribution in [2.24, 2.45) is 0 Å². The summed E-state index contributed by atoms with van der Waals surface area (Å²) in [7, 11) is 2.03. The molecule has 0 aliphatic rings. The highest BCUT2D eigenvalue weighted by molar-refractivity contribution is 7.17. The molecule has 3 nitrogen and oxygen atoms in total. The smallest absolute Gasteiger partial charge is 0.185 e. The van der Waals surface area contributed by atoms with Crippen LogP contribution in [-0.2, 0) is 0 Å². The highest BCUT2D eigenvalue weighted by Gasteiger charge is 2.14. The van der Waals surface area contributed by atoms with Crippen molar-refractivity contribution in [3.63, 3.8) is 0 Å². The number of anilines is 1. The highest BCUT2D eigenvalue weighted by Crippen LogP contribution is 2.23. The van der Waals surface area contributed by atoms with E-state index in [1.165, 1.54) is 11.3 Å². The summed E-state index contributed by atoms with van der Waals surface area (Å²) in [5.74, 6) is 0. The lowest BCUT2D eigenvalue weighted by atomic mass is 10.1. The van der Waals surface area contributed by atoms with Crippen LogP contribution in [0.5, 0.6) is 0 Å². The van der Waals surface area contributed by atoms with Gasteiger partial charge in [-0.15, -0.1) is 0 Å². The lowest BCUT2D eigenvalue weighted by molar-refractivity contribution is 0.112. The number of carbonyl (C=O) groups is 1. The van der Waals surface area contributed by atoms with E-state index in [1.807, 2.05) is 7.05 Å². The normalized spacial score (nSPS) is 10.6. The van der Waals surface area contributed by atoms with Gasteiger partial charge in [-0.2, -0.15) is 0 Å². The van der Waals surface area contributed by atoms with E-state index in [-0.39, 0.29) is 0 Å². The first-order valence-corrected chi connectivity index (χ1v) is 5.68. The molecule has 0 spiro atoms. The average molecular weight is 212 g/mol. The minimum absolute atomic E-state index is 0.514. The number of aromatic nitrogens is 1. The maximum absolute atomic E-state index is 10.5. The molecule has 0 amide bonds. The van der Waals surface area contributed by atoms with Crippen LogP contribution in [0, 0.1) is 0 Å². The molecule has 0 unspecified atom stereocenters. The molecule has 0 saturated carbocycles. The fraction of sp³-hybridized carbons (Fsp3) is 0.600. The molecule has 1 heterocycles. The molecule has 4 heteroatoms. The predicted octanol–water partition coefficient (Wildman–Crippen LogP) is 2.58. The Morgan fingerprint density at radius 3 is 2.64 bits per heavy atom. The molecule has 1 aromatic heterocycles.